The first-order valence-electron chi connectivity index (χ1n) is 14.9. The van der Waals surface area contributed by atoms with E-state index >= 15 is 0 Å². The Balaban J connectivity index is 1.72. The van der Waals surface area contributed by atoms with Crippen molar-refractivity contribution in [2.45, 2.75) is 64.1 Å². The Labute approximate surface area is 266 Å². The fourth-order valence-corrected chi connectivity index (χ4v) is 6.37. The summed E-state index contributed by atoms with van der Waals surface area (Å²) >= 11 is 0. The number of sulfonamides is 1. The van der Waals surface area contributed by atoms with E-state index in [0.29, 0.717) is 17.9 Å². The van der Waals surface area contributed by atoms with Crippen LogP contribution < -0.4 is 14.4 Å². The van der Waals surface area contributed by atoms with Gasteiger partial charge in [-0.25, -0.2) is 8.42 Å². The Morgan fingerprint density at radius 1 is 0.822 bits per heavy atom. The van der Waals surface area contributed by atoms with E-state index in [-0.39, 0.29) is 23.0 Å². The maximum Gasteiger partial charge on any atom is 0.264 e. The molecule has 236 valence electrons. The quantitative estimate of drug-likeness (QED) is 0.189. The third kappa shape index (κ3) is 8.95. The minimum atomic E-state index is -4.17. The third-order valence-corrected chi connectivity index (χ3v) is 8.82. The van der Waals surface area contributed by atoms with Crippen molar-refractivity contribution in [2.75, 3.05) is 10.8 Å². The van der Waals surface area contributed by atoms with Gasteiger partial charge >= 0.3 is 0 Å². The molecule has 4 rings (SSSR count). The second-order valence-corrected chi connectivity index (χ2v) is 13.8. The van der Waals surface area contributed by atoms with Crippen LogP contribution >= 0.6 is 0 Å². The average Bonchev–Trinajstić information content (AvgIpc) is 3.00. The maximum atomic E-state index is 14.3. The zero-order chi connectivity index (χ0) is 32.6. The molecule has 1 atom stereocenters. The summed E-state index contributed by atoms with van der Waals surface area (Å²) in [5.41, 5.74) is 1.62. The largest absolute Gasteiger partial charge is 0.457 e. The molecule has 45 heavy (non-hydrogen) atoms. The van der Waals surface area contributed by atoms with Crippen LogP contribution in [-0.2, 0) is 26.2 Å². The van der Waals surface area contributed by atoms with E-state index in [1.165, 1.54) is 17.0 Å². The summed E-state index contributed by atoms with van der Waals surface area (Å²) in [7, 11) is -4.17. The van der Waals surface area contributed by atoms with Gasteiger partial charge in [0.05, 0.1) is 10.6 Å². The van der Waals surface area contributed by atoms with Gasteiger partial charge < -0.3 is 15.0 Å². The highest BCUT2D eigenvalue weighted by Crippen LogP contribution is 2.29. The molecule has 0 spiro atoms. The number of amides is 2. The van der Waals surface area contributed by atoms with Gasteiger partial charge in [0.15, 0.2) is 0 Å². The zero-order valence-corrected chi connectivity index (χ0v) is 27.3. The lowest BCUT2D eigenvalue weighted by atomic mass is 10.0. The Morgan fingerprint density at radius 2 is 1.42 bits per heavy atom. The van der Waals surface area contributed by atoms with Crippen LogP contribution in [0.5, 0.6) is 11.5 Å². The smallest absolute Gasteiger partial charge is 0.264 e. The number of carbonyl (C=O) groups excluding carboxylic acids is 2. The van der Waals surface area contributed by atoms with E-state index in [1.54, 1.807) is 42.5 Å². The second-order valence-electron chi connectivity index (χ2n) is 11.9. The van der Waals surface area contributed by atoms with Crippen LogP contribution in [0.1, 0.15) is 45.2 Å². The predicted octanol–water partition coefficient (Wildman–Crippen LogP) is 6.70. The van der Waals surface area contributed by atoms with Crippen LogP contribution in [0, 0.1) is 6.92 Å². The fourth-order valence-electron chi connectivity index (χ4n) is 4.93. The molecule has 0 bridgehead atoms. The molecule has 4 aromatic rings. The van der Waals surface area contributed by atoms with Crippen molar-refractivity contribution in [2.24, 2.45) is 0 Å². The number of hydrogen-bond donors (Lipinski definition) is 1. The number of nitrogens with one attached hydrogen (secondary N) is 1. The summed E-state index contributed by atoms with van der Waals surface area (Å²) in [5, 5.41) is 2.99. The second kappa shape index (κ2) is 14.4. The van der Waals surface area contributed by atoms with E-state index in [0.717, 1.165) is 15.4 Å². The molecule has 1 N–H and O–H groups in total. The number of anilines is 1. The number of carbonyl (C=O) groups is 2. The third-order valence-electron chi connectivity index (χ3n) is 7.03. The molecule has 8 nitrogen and oxygen atoms in total. The molecule has 0 fully saturated rings. The van der Waals surface area contributed by atoms with Gasteiger partial charge in [-0.1, -0.05) is 73.2 Å². The van der Waals surface area contributed by atoms with Crippen molar-refractivity contribution in [3.05, 3.63) is 120 Å². The highest BCUT2D eigenvalue weighted by molar-refractivity contribution is 7.92. The summed E-state index contributed by atoms with van der Waals surface area (Å²) in [6.45, 7) is 9.06. The Hall–Kier alpha value is -4.63. The first kappa shape index (κ1) is 33.3. The predicted molar refractivity (Wildman–Crippen MR) is 178 cm³/mol. The number of hydrogen-bond acceptors (Lipinski definition) is 5. The van der Waals surface area contributed by atoms with E-state index in [1.807, 2.05) is 89.2 Å². The molecule has 0 aliphatic carbocycles. The number of ether oxygens (including phenoxy) is 1. The van der Waals surface area contributed by atoms with Gasteiger partial charge in [0, 0.05) is 12.1 Å². The topological polar surface area (TPSA) is 96.0 Å². The van der Waals surface area contributed by atoms with Crippen molar-refractivity contribution in [1.29, 1.82) is 0 Å². The van der Waals surface area contributed by atoms with Gasteiger partial charge in [0.2, 0.25) is 11.8 Å². The molecule has 1 unspecified atom stereocenters. The van der Waals surface area contributed by atoms with Crippen LogP contribution in [0.4, 0.5) is 5.69 Å². The standard InChI is InChI=1S/C36H41N3O5S/c1-6-33(35(41)37-36(3,4)5)38(25-28-15-13-14-27(2)24-28)34(40)26-39(45(42,43)32-18-11-8-12-19-32)29-20-22-31(23-21-29)44-30-16-9-7-10-17-30/h7-24,33H,6,25-26H2,1-5H3,(H,37,41). The summed E-state index contributed by atoms with van der Waals surface area (Å²) < 4.78 is 35.1. The molecule has 0 saturated carbocycles. The summed E-state index contributed by atoms with van der Waals surface area (Å²) in [6.07, 6.45) is 0.344. The molecule has 0 aromatic heterocycles. The number of rotatable bonds is 12. The summed E-state index contributed by atoms with van der Waals surface area (Å²) in [4.78, 5) is 29.3. The van der Waals surface area contributed by atoms with Crippen molar-refractivity contribution < 1.29 is 22.7 Å². The highest BCUT2D eigenvalue weighted by atomic mass is 32.2. The highest BCUT2D eigenvalue weighted by Gasteiger charge is 2.34. The molecule has 0 radical (unpaired) electrons. The van der Waals surface area contributed by atoms with Crippen molar-refractivity contribution in [3.8, 4) is 11.5 Å². The van der Waals surface area contributed by atoms with Gasteiger partial charge in [-0.05, 0) is 88.2 Å². The SMILES string of the molecule is CCC(C(=O)NC(C)(C)C)N(Cc1cccc(C)c1)C(=O)CN(c1ccc(Oc2ccccc2)cc1)S(=O)(=O)c1ccccc1. The van der Waals surface area contributed by atoms with Crippen LogP contribution in [0.3, 0.4) is 0 Å². The fraction of sp³-hybridized carbons (Fsp3) is 0.278. The van der Waals surface area contributed by atoms with Gasteiger partial charge in [-0.15, -0.1) is 0 Å². The van der Waals surface area contributed by atoms with E-state index in [9.17, 15) is 18.0 Å². The first-order valence-corrected chi connectivity index (χ1v) is 16.4. The van der Waals surface area contributed by atoms with Gasteiger partial charge in [0.25, 0.3) is 10.0 Å². The van der Waals surface area contributed by atoms with Gasteiger partial charge in [0.1, 0.15) is 24.1 Å². The molecule has 0 saturated heterocycles. The van der Waals surface area contributed by atoms with E-state index in [4.69, 9.17) is 4.74 Å². The molecule has 0 aliphatic heterocycles. The van der Waals surface area contributed by atoms with Gasteiger partial charge in [-0.2, -0.15) is 0 Å². The van der Waals surface area contributed by atoms with E-state index < -0.39 is 34.1 Å². The molecule has 9 heteroatoms. The lowest BCUT2D eigenvalue weighted by Gasteiger charge is -2.34. The molecule has 0 heterocycles. The van der Waals surface area contributed by atoms with Gasteiger partial charge in [-0.3, -0.25) is 13.9 Å². The van der Waals surface area contributed by atoms with Crippen molar-refractivity contribution in [1.82, 2.24) is 10.2 Å². The van der Waals surface area contributed by atoms with Crippen LogP contribution in [0.25, 0.3) is 0 Å². The Morgan fingerprint density at radius 3 is 2.00 bits per heavy atom. The maximum absolute atomic E-state index is 14.3. The first-order chi connectivity index (χ1) is 21.4. The molecule has 0 aliphatic rings. The minimum Gasteiger partial charge on any atom is -0.457 e. The number of benzene rings is 4. The number of nitrogens with zero attached hydrogens (tertiary/aromatic N) is 2. The minimum absolute atomic E-state index is 0.0464. The van der Waals surface area contributed by atoms with E-state index in [2.05, 4.69) is 5.32 Å². The van der Waals surface area contributed by atoms with Crippen molar-refractivity contribution >= 4 is 27.5 Å². The summed E-state index contributed by atoms with van der Waals surface area (Å²) in [5.74, 6) is 0.349. The average molecular weight is 628 g/mol. The molecular formula is C36H41N3O5S. The molecule has 2 amide bonds. The zero-order valence-electron chi connectivity index (χ0n) is 26.4. The Kier molecular flexibility index (Phi) is 10.7. The summed E-state index contributed by atoms with van der Waals surface area (Å²) in [6, 6.07) is 30.7. The van der Waals surface area contributed by atoms with Crippen LogP contribution in [-0.4, -0.2) is 43.3 Å². The lowest BCUT2D eigenvalue weighted by molar-refractivity contribution is -0.141. The normalized spacial score (nSPS) is 12.2. The molecular weight excluding hydrogens is 586 g/mol. The number of para-hydroxylation sites is 1. The van der Waals surface area contributed by atoms with Crippen molar-refractivity contribution in [3.63, 3.8) is 0 Å². The Bertz CT molecular complexity index is 1690. The van der Waals surface area contributed by atoms with Crippen LogP contribution in [0.15, 0.2) is 114 Å². The monoisotopic (exact) mass is 627 g/mol. The lowest BCUT2D eigenvalue weighted by Crippen LogP contribution is -2.55. The molecule has 4 aromatic carbocycles. The van der Waals surface area contributed by atoms with Crippen LogP contribution in [0.2, 0.25) is 0 Å². The number of aryl methyl sites for hydroxylation is 1.